The van der Waals surface area contributed by atoms with Crippen LogP contribution in [0.1, 0.15) is 23.7 Å². The summed E-state index contributed by atoms with van der Waals surface area (Å²) < 4.78 is 18.6. The first-order valence-electron chi connectivity index (χ1n) is 6.44. The molecule has 20 heavy (non-hydrogen) atoms. The zero-order valence-electron chi connectivity index (χ0n) is 11.3. The third kappa shape index (κ3) is 3.53. The largest absolute Gasteiger partial charge is 0.494 e. The SMILES string of the molecule is COc1ccc(C(CCc2ccccn2)NN)cc1F. The number of nitrogens with zero attached hydrogens (tertiary/aromatic N) is 1. The van der Waals surface area contributed by atoms with E-state index < -0.39 is 0 Å². The zero-order valence-corrected chi connectivity index (χ0v) is 11.3. The number of hydrogen-bond acceptors (Lipinski definition) is 4. The molecule has 4 nitrogen and oxygen atoms in total. The second kappa shape index (κ2) is 6.98. The second-order valence-corrected chi connectivity index (χ2v) is 4.47. The molecular weight excluding hydrogens is 257 g/mol. The first-order valence-corrected chi connectivity index (χ1v) is 6.44. The van der Waals surface area contributed by atoms with Crippen molar-refractivity contribution in [3.8, 4) is 5.75 Å². The Kier molecular flexibility index (Phi) is 5.03. The Balaban J connectivity index is 2.06. The van der Waals surface area contributed by atoms with Gasteiger partial charge in [0.25, 0.3) is 0 Å². The van der Waals surface area contributed by atoms with Crippen LogP contribution < -0.4 is 16.0 Å². The maximum Gasteiger partial charge on any atom is 0.165 e. The van der Waals surface area contributed by atoms with E-state index in [0.29, 0.717) is 0 Å². The highest BCUT2D eigenvalue weighted by Gasteiger charge is 2.13. The number of nitrogens with one attached hydrogen (secondary N) is 1. The second-order valence-electron chi connectivity index (χ2n) is 4.47. The fraction of sp³-hybridized carbons (Fsp3) is 0.267. The summed E-state index contributed by atoms with van der Waals surface area (Å²) in [6.07, 6.45) is 3.26. The van der Waals surface area contributed by atoms with Crippen LogP contribution in [0.5, 0.6) is 5.75 Å². The van der Waals surface area contributed by atoms with E-state index in [0.717, 1.165) is 24.1 Å². The van der Waals surface area contributed by atoms with E-state index in [1.165, 1.54) is 13.2 Å². The van der Waals surface area contributed by atoms with Crippen molar-refractivity contribution in [1.29, 1.82) is 0 Å². The number of rotatable bonds is 6. The van der Waals surface area contributed by atoms with E-state index in [9.17, 15) is 4.39 Å². The highest BCUT2D eigenvalue weighted by atomic mass is 19.1. The summed E-state index contributed by atoms with van der Waals surface area (Å²) in [6, 6.07) is 10.5. The highest BCUT2D eigenvalue weighted by molar-refractivity contribution is 5.31. The molecule has 0 saturated heterocycles. The van der Waals surface area contributed by atoms with Crippen LogP contribution in [0, 0.1) is 5.82 Å². The monoisotopic (exact) mass is 275 g/mol. The zero-order chi connectivity index (χ0) is 14.4. The van der Waals surface area contributed by atoms with Gasteiger partial charge in [-0.15, -0.1) is 0 Å². The number of hydrazine groups is 1. The fourth-order valence-electron chi connectivity index (χ4n) is 2.08. The predicted octanol–water partition coefficient (Wildman–Crippen LogP) is 2.37. The van der Waals surface area contributed by atoms with Gasteiger partial charge >= 0.3 is 0 Å². The van der Waals surface area contributed by atoms with Gasteiger partial charge < -0.3 is 4.74 Å². The molecule has 3 N–H and O–H groups in total. The van der Waals surface area contributed by atoms with Crippen LogP contribution in [0.2, 0.25) is 0 Å². The Morgan fingerprint density at radius 2 is 2.20 bits per heavy atom. The van der Waals surface area contributed by atoms with Crippen LogP contribution in [0.4, 0.5) is 4.39 Å². The molecular formula is C15H18FN3O. The number of pyridine rings is 1. The summed E-state index contributed by atoms with van der Waals surface area (Å²) in [4.78, 5) is 4.26. The number of aromatic nitrogens is 1. The van der Waals surface area contributed by atoms with Crippen molar-refractivity contribution < 1.29 is 9.13 Å². The Hall–Kier alpha value is -1.98. The summed E-state index contributed by atoms with van der Waals surface area (Å²) in [5.41, 5.74) is 4.50. The number of hydrogen-bond donors (Lipinski definition) is 2. The summed E-state index contributed by atoms with van der Waals surface area (Å²) >= 11 is 0. The number of nitrogens with two attached hydrogens (primary N) is 1. The molecule has 2 aromatic rings. The smallest absolute Gasteiger partial charge is 0.165 e. The normalized spacial score (nSPS) is 12.2. The molecule has 0 amide bonds. The summed E-state index contributed by atoms with van der Waals surface area (Å²) in [5.74, 6) is 5.41. The third-order valence-corrected chi connectivity index (χ3v) is 3.19. The van der Waals surface area contributed by atoms with Gasteiger partial charge in [0.15, 0.2) is 11.6 Å². The van der Waals surface area contributed by atoms with Gasteiger partial charge in [0.05, 0.1) is 7.11 Å². The summed E-state index contributed by atoms with van der Waals surface area (Å²) in [6.45, 7) is 0. The van der Waals surface area contributed by atoms with Gasteiger partial charge in [-0.1, -0.05) is 12.1 Å². The van der Waals surface area contributed by atoms with E-state index in [-0.39, 0.29) is 17.6 Å². The quantitative estimate of drug-likeness (QED) is 0.627. The molecule has 0 aliphatic carbocycles. The fourth-order valence-corrected chi connectivity index (χ4v) is 2.08. The molecule has 0 bridgehead atoms. The predicted molar refractivity (Wildman–Crippen MR) is 75.6 cm³/mol. The molecule has 1 unspecified atom stereocenters. The van der Waals surface area contributed by atoms with Crippen LogP contribution in [0.25, 0.3) is 0 Å². The lowest BCUT2D eigenvalue weighted by Gasteiger charge is -2.16. The summed E-state index contributed by atoms with van der Waals surface area (Å²) in [7, 11) is 1.44. The van der Waals surface area contributed by atoms with Gasteiger partial charge in [-0.3, -0.25) is 16.3 Å². The molecule has 1 aromatic carbocycles. The van der Waals surface area contributed by atoms with Crippen LogP contribution in [0.3, 0.4) is 0 Å². The summed E-state index contributed by atoms with van der Waals surface area (Å²) in [5, 5.41) is 0. The van der Waals surface area contributed by atoms with Gasteiger partial charge in [0.2, 0.25) is 0 Å². The van der Waals surface area contributed by atoms with E-state index >= 15 is 0 Å². The number of aryl methyl sites for hydroxylation is 1. The molecule has 0 spiro atoms. The Morgan fingerprint density at radius 1 is 1.35 bits per heavy atom. The number of benzene rings is 1. The number of methoxy groups -OCH3 is 1. The Morgan fingerprint density at radius 3 is 2.80 bits per heavy atom. The Bertz CT molecular complexity index is 548. The van der Waals surface area contributed by atoms with E-state index in [1.807, 2.05) is 24.3 Å². The average Bonchev–Trinajstić information content (AvgIpc) is 2.49. The van der Waals surface area contributed by atoms with Crippen LogP contribution in [-0.2, 0) is 6.42 Å². The van der Waals surface area contributed by atoms with Gasteiger partial charge in [0.1, 0.15) is 0 Å². The number of ether oxygens (including phenoxy) is 1. The minimum atomic E-state index is -0.386. The van der Waals surface area contributed by atoms with E-state index in [4.69, 9.17) is 10.6 Å². The first kappa shape index (κ1) is 14.4. The molecule has 0 saturated carbocycles. The first-order chi connectivity index (χ1) is 9.74. The van der Waals surface area contributed by atoms with Gasteiger partial charge in [-0.25, -0.2) is 4.39 Å². The number of halogens is 1. The van der Waals surface area contributed by atoms with Crippen LogP contribution in [-0.4, -0.2) is 12.1 Å². The average molecular weight is 275 g/mol. The van der Waals surface area contributed by atoms with Crippen molar-refractivity contribution in [3.63, 3.8) is 0 Å². The van der Waals surface area contributed by atoms with Crippen molar-refractivity contribution in [2.24, 2.45) is 5.84 Å². The molecule has 0 aliphatic heterocycles. The topological polar surface area (TPSA) is 60.2 Å². The molecule has 0 radical (unpaired) electrons. The molecule has 106 valence electrons. The molecule has 2 rings (SSSR count). The van der Waals surface area contributed by atoms with Crippen molar-refractivity contribution in [2.45, 2.75) is 18.9 Å². The minimum absolute atomic E-state index is 0.127. The van der Waals surface area contributed by atoms with Crippen molar-refractivity contribution in [3.05, 3.63) is 59.7 Å². The highest BCUT2D eigenvalue weighted by Crippen LogP contribution is 2.24. The molecule has 5 heteroatoms. The molecule has 1 aromatic heterocycles. The maximum atomic E-state index is 13.7. The van der Waals surface area contributed by atoms with Crippen LogP contribution >= 0.6 is 0 Å². The molecule has 1 atom stereocenters. The van der Waals surface area contributed by atoms with E-state index in [1.54, 1.807) is 12.3 Å². The van der Waals surface area contributed by atoms with Crippen LogP contribution in [0.15, 0.2) is 42.6 Å². The van der Waals surface area contributed by atoms with Gasteiger partial charge in [0, 0.05) is 17.9 Å². The molecule has 0 fully saturated rings. The lowest BCUT2D eigenvalue weighted by Crippen LogP contribution is -2.28. The van der Waals surface area contributed by atoms with Gasteiger partial charge in [-0.2, -0.15) is 0 Å². The maximum absolute atomic E-state index is 13.7. The third-order valence-electron chi connectivity index (χ3n) is 3.19. The lowest BCUT2D eigenvalue weighted by molar-refractivity contribution is 0.385. The van der Waals surface area contributed by atoms with Gasteiger partial charge in [-0.05, 0) is 42.7 Å². The van der Waals surface area contributed by atoms with Crippen molar-refractivity contribution in [2.75, 3.05) is 7.11 Å². The standard InChI is InChI=1S/C15H18FN3O/c1-20-15-8-5-11(10-13(15)16)14(19-17)7-6-12-4-2-3-9-18-12/h2-5,8-10,14,19H,6-7,17H2,1H3. The lowest BCUT2D eigenvalue weighted by atomic mass is 10.0. The van der Waals surface area contributed by atoms with Crippen molar-refractivity contribution in [1.82, 2.24) is 10.4 Å². The van der Waals surface area contributed by atoms with E-state index in [2.05, 4.69) is 10.4 Å². The minimum Gasteiger partial charge on any atom is -0.494 e. The van der Waals surface area contributed by atoms with Crippen molar-refractivity contribution >= 4 is 0 Å². The molecule has 1 heterocycles. The Labute approximate surface area is 117 Å². The molecule has 0 aliphatic rings.